The molecule has 2 saturated heterocycles. The maximum atomic E-state index is 5.36. The molecule has 0 aromatic heterocycles. The van der Waals surface area contributed by atoms with Crippen molar-refractivity contribution in [1.82, 2.24) is 21.5 Å². The Bertz CT molecular complexity index is 842. The topological polar surface area (TPSA) is 66.6 Å². The standard InChI is InChI=1S/C21H26N4O2S/c1-13-19(15-6-10-17(27-3)11-7-15)22-18(12-21(13)23-20(28)24-25-21)14-4-8-16(26-2)9-5-14/h4-11,13,18-19,22,25H,12H2,1-3H3,(H2,23,24,28). The van der Waals surface area contributed by atoms with Crippen molar-refractivity contribution in [2.24, 2.45) is 5.92 Å². The summed E-state index contributed by atoms with van der Waals surface area (Å²) in [6.07, 6.45) is 0.848. The van der Waals surface area contributed by atoms with Crippen LogP contribution in [-0.2, 0) is 0 Å². The zero-order valence-corrected chi connectivity index (χ0v) is 17.1. The van der Waals surface area contributed by atoms with E-state index in [-0.39, 0.29) is 23.7 Å². The number of piperidine rings is 1. The SMILES string of the molecule is COc1ccc(C2CC3(NNC(=S)N3)C(C)C(c3ccc(OC)cc3)N2)cc1. The number of thiocarbonyl (C=S) groups is 1. The summed E-state index contributed by atoms with van der Waals surface area (Å²) in [6.45, 7) is 2.24. The van der Waals surface area contributed by atoms with Crippen LogP contribution in [0.4, 0.5) is 0 Å². The number of ether oxygens (including phenoxy) is 2. The fourth-order valence-corrected chi connectivity index (χ4v) is 4.46. The predicted molar refractivity (Wildman–Crippen MR) is 113 cm³/mol. The third-order valence-electron chi connectivity index (χ3n) is 5.91. The Morgan fingerprint density at radius 1 is 0.929 bits per heavy atom. The predicted octanol–water partition coefficient (Wildman–Crippen LogP) is 2.79. The van der Waals surface area contributed by atoms with Crippen LogP contribution in [0, 0.1) is 5.92 Å². The van der Waals surface area contributed by atoms with Crippen molar-refractivity contribution >= 4 is 17.3 Å². The number of hydrazine groups is 1. The van der Waals surface area contributed by atoms with E-state index in [1.54, 1.807) is 14.2 Å². The third-order valence-corrected chi connectivity index (χ3v) is 6.12. The first-order valence-corrected chi connectivity index (χ1v) is 9.85. The maximum absolute atomic E-state index is 5.36. The van der Waals surface area contributed by atoms with E-state index in [0.29, 0.717) is 5.11 Å². The van der Waals surface area contributed by atoms with E-state index in [4.69, 9.17) is 21.7 Å². The molecule has 2 aliphatic rings. The molecular weight excluding hydrogens is 372 g/mol. The Labute approximate surface area is 171 Å². The molecule has 1 spiro atoms. The molecule has 2 aromatic rings. The molecule has 2 heterocycles. The maximum Gasteiger partial charge on any atom is 0.182 e. The molecule has 6 nitrogen and oxygen atoms in total. The minimum atomic E-state index is -0.336. The van der Waals surface area contributed by atoms with Gasteiger partial charge in [0, 0.05) is 24.4 Å². The molecule has 4 atom stereocenters. The van der Waals surface area contributed by atoms with E-state index in [1.165, 1.54) is 11.1 Å². The molecule has 4 N–H and O–H groups in total. The van der Waals surface area contributed by atoms with E-state index in [0.717, 1.165) is 17.9 Å². The first kappa shape index (κ1) is 19.0. The third kappa shape index (κ3) is 3.41. The van der Waals surface area contributed by atoms with Crippen molar-refractivity contribution in [1.29, 1.82) is 0 Å². The average molecular weight is 399 g/mol. The van der Waals surface area contributed by atoms with Crippen LogP contribution in [0.3, 0.4) is 0 Å². The second-order valence-electron chi connectivity index (χ2n) is 7.41. The van der Waals surface area contributed by atoms with Crippen LogP contribution in [0.25, 0.3) is 0 Å². The van der Waals surface area contributed by atoms with Crippen LogP contribution in [0.5, 0.6) is 11.5 Å². The zero-order valence-electron chi connectivity index (χ0n) is 16.3. The zero-order chi connectivity index (χ0) is 19.7. The lowest BCUT2D eigenvalue weighted by Crippen LogP contribution is -2.63. The highest BCUT2D eigenvalue weighted by molar-refractivity contribution is 7.80. The average Bonchev–Trinajstić information content (AvgIpc) is 3.11. The van der Waals surface area contributed by atoms with Crippen LogP contribution in [0.15, 0.2) is 48.5 Å². The quantitative estimate of drug-likeness (QED) is 0.591. The van der Waals surface area contributed by atoms with E-state index in [1.807, 2.05) is 24.3 Å². The lowest BCUT2D eigenvalue weighted by molar-refractivity contribution is 0.0892. The molecule has 0 amide bonds. The van der Waals surface area contributed by atoms with E-state index in [9.17, 15) is 0 Å². The number of nitrogens with one attached hydrogen (secondary N) is 4. The number of rotatable bonds is 4. The van der Waals surface area contributed by atoms with Crippen LogP contribution >= 0.6 is 12.2 Å². The highest BCUT2D eigenvalue weighted by atomic mass is 32.1. The van der Waals surface area contributed by atoms with Gasteiger partial charge in [-0.3, -0.25) is 5.43 Å². The Morgan fingerprint density at radius 2 is 1.50 bits per heavy atom. The summed E-state index contributed by atoms with van der Waals surface area (Å²) in [6, 6.07) is 16.8. The monoisotopic (exact) mass is 398 g/mol. The van der Waals surface area contributed by atoms with Gasteiger partial charge in [0.2, 0.25) is 0 Å². The number of benzene rings is 2. The fourth-order valence-electron chi connectivity index (χ4n) is 4.22. The van der Waals surface area contributed by atoms with Crippen molar-refractivity contribution in [3.8, 4) is 11.5 Å². The highest BCUT2D eigenvalue weighted by Crippen LogP contribution is 2.42. The molecule has 2 aromatic carbocycles. The van der Waals surface area contributed by atoms with Gasteiger partial charge >= 0.3 is 0 Å². The van der Waals surface area contributed by atoms with Gasteiger partial charge in [0.15, 0.2) is 5.11 Å². The Balaban J connectivity index is 1.68. The summed E-state index contributed by atoms with van der Waals surface area (Å²) in [5.41, 5.74) is 8.61. The first-order chi connectivity index (χ1) is 13.5. The molecule has 2 aliphatic heterocycles. The Kier molecular flexibility index (Phi) is 5.14. The van der Waals surface area contributed by atoms with Crippen LogP contribution in [-0.4, -0.2) is 25.0 Å². The number of hydrogen-bond acceptors (Lipinski definition) is 5. The van der Waals surface area contributed by atoms with Crippen LogP contribution in [0.2, 0.25) is 0 Å². The summed E-state index contributed by atoms with van der Waals surface area (Å²) >= 11 is 5.36. The minimum absolute atomic E-state index is 0.134. The molecule has 4 rings (SSSR count). The van der Waals surface area contributed by atoms with Gasteiger partial charge in [0.05, 0.1) is 14.2 Å². The minimum Gasteiger partial charge on any atom is -0.497 e. The largest absolute Gasteiger partial charge is 0.497 e. The molecule has 0 saturated carbocycles. The van der Waals surface area contributed by atoms with Crippen LogP contribution in [0.1, 0.15) is 36.6 Å². The van der Waals surface area contributed by atoms with Crippen molar-refractivity contribution in [2.75, 3.05) is 14.2 Å². The van der Waals surface area contributed by atoms with E-state index < -0.39 is 0 Å². The van der Waals surface area contributed by atoms with Crippen molar-refractivity contribution < 1.29 is 9.47 Å². The van der Waals surface area contributed by atoms with Crippen molar-refractivity contribution in [3.63, 3.8) is 0 Å². The molecule has 0 bridgehead atoms. The van der Waals surface area contributed by atoms with Crippen molar-refractivity contribution in [3.05, 3.63) is 59.7 Å². The van der Waals surface area contributed by atoms with Gasteiger partial charge in [-0.05, 0) is 47.6 Å². The Hall–Kier alpha value is -2.35. The second-order valence-corrected chi connectivity index (χ2v) is 7.82. The number of hydrogen-bond donors (Lipinski definition) is 4. The smallest absolute Gasteiger partial charge is 0.182 e. The van der Waals surface area contributed by atoms with Gasteiger partial charge in [-0.15, -0.1) is 0 Å². The lowest BCUT2D eigenvalue weighted by atomic mass is 9.75. The molecule has 0 aliphatic carbocycles. The van der Waals surface area contributed by atoms with Gasteiger partial charge in [0.25, 0.3) is 0 Å². The van der Waals surface area contributed by atoms with Gasteiger partial charge in [-0.25, -0.2) is 5.43 Å². The van der Waals surface area contributed by atoms with Crippen molar-refractivity contribution in [2.45, 2.75) is 31.1 Å². The molecule has 0 radical (unpaired) electrons. The fraction of sp³-hybridized carbons (Fsp3) is 0.381. The van der Waals surface area contributed by atoms with Gasteiger partial charge in [0.1, 0.15) is 17.2 Å². The first-order valence-electron chi connectivity index (χ1n) is 9.44. The van der Waals surface area contributed by atoms with E-state index >= 15 is 0 Å². The summed E-state index contributed by atoms with van der Waals surface area (Å²) in [5.74, 6) is 1.95. The molecule has 7 heteroatoms. The summed E-state index contributed by atoms with van der Waals surface area (Å²) < 4.78 is 10.6. The lowest BCUT2D eigenvalue weighted by Gasteiger charge is -2.48. The second kappa shape index (κ2) is 7.58. The normalized spacial score (nSPS) is 29.2. The van der Waals surface area contributed by atoms with Gasteiger partial charge in [-0.2, -0.15) is 0 Å². The summed E-state index contributed by atoms with van der Waals surface area (Å²) in [7, 11) is 3.37. The van der Waals surface area contributed by atoms with E-state index in [2.05, 4.69) is 52.7 Å². The molecular formula is C21H26N4O2S. The summed E-state index contributed by atoms with van der Waals surface area (Å²) in [4.78, 5) is 0. The summed E-state index contributed by atoms with van der Waals surface area (Å²) in [5, 5.41) is 7.96. The highest BCUT2D eigenvalue weighted by Gasteiger charge is 2.50. The molecule has 28 heavy (non-hydrogen) atoms. The molecule has 2 fully saturated rings. The Morgan fingerprint density at radius 3 is 2.00 bits per heavy atom. The van der Waals surface area contributed by atoms with Gasteiger partial charge < -0.3 is 20.1 Å². The number of methoxy groups -OCH3 is 2. The molecule has 148 valence electrons. The van der Waals surface area contributed by atoms with Gasteiger partial charge in [-0.1, -0.05) is 31.2 Å². The molecule has 4 unspecified atom stereocenters. The van der Waals surface area contributed by atoms with Crippen LogP contribution < -0.4 is 31.0 Å².